The van der Waals surface area contributed by atoms with E-state index in [1.54, 1.807) is 31.3 Å². The number of anilines is 1. The van der Waals surface area contributed by atoms with Gasteiger partial charge < -0.3 is 9.84 Å². The normalized spacial score (nSPS) is 12.3. The van der Waals surface area contributed by atoms with Gasteiger partial charge in [-0.1, -0.05) is 17.3 Å². The predicted molar refractivity (Wildman–Crippen MR) is 102 cm³/mol. The number of nitrogens with zero attached hydrogens (tertiary/aromatic N) is 3. The van der Waals surface area contributed by atoms with Gasteiger partial charge in [-0.15, -0.1) is 11.3 Å². The van der Waals surface area contributed by atoms with Crippen LogP contribution in [0.15, 0.2) is 40.4 Å². The third-order valence-electron chi connectivity index (χ3n) is 4.36. The molecule has 3 rings (SSSR count). The van der Waals surface area contributed by atoms with Gasteiger partial charge in [-0.25, -0.2) is 4.98 Å². The molecule has 0 aliphatic carbocycles. The molecule has 0 saturated heterocycles. The average molecular weight is 370 g/mol. The minimum atomic E-state index is -0.170. The Hall–Kier alpha value is -2.51. The SMILES string of the molecule is Cc1noc(C)c1NC(=O)c1cccc(CN(C)[C@H](C)c2nccs2)c1. The van der Waals surface area contributed by atoms with Crippen LogP contribution in [0.3, 0.4) is 0 Å². The lowest BCUT2D eigenvalue weighted by molar-refractivity contribution is 0.102. The summed E-state index contributed by atoms with van der Waals surface area (Å²) < 4.78 is 5.09. The number of carbonyl (C=O) groups excluding carboxylic acids is 1. The van der Waals surface area contributed by atoms with E-state index in [0.717, 1.165) is 17.1 Å². The van der Waals surface area contributed by atoms with Gasteiger partial charge in [0.25, 0.3) is 5.91 Å². The summed E-state index contributed by atoms with van der Waals surface area (Å²) in [6, 6.07) is 7.87. The van der Waals surface area contributed by atoms with Gasteiger partial charge in [0, 0.05) is 23.7 Å². The molecule has 0 aliphatic heterocycles. The smallest absolute Gasteiger partial charge is 0.255 e. The van der Waals surface area contributed by atoms with Crippen molar-refractivity contribution in [3.8, 4) is 0 Å². The molecule has 0 spiro atoms. The molecule has 1 N–H and O–H groups in total. The minimum absolute atomic E-state index is 0.170. The van der Waals surface area contributed by atoms with Crippen molar-refractivity contribution in [1.29, 1.82) is 0 Å². The summed E-state index contributed by atoms with van der Waals surface area (Å²) >= 11 is 1.65. The summed E-state index contributed by atoms with van der Waals surface area (Å²) in [5.41, 5.74) is 2.99. The molecule has 1 amide bonds. The Morgan fingerprint density at radius 2 is 2.19 bits per heavy atom. The zero-order chi connectivity index (χ0) is 18.7. The third-order valence-corrected chi connectivity index (χ3v) is 5.31. The van der Waals surface area contributed by atoms with E-state index in [0.29, 0.717) is 22.7 Å². The molecule has 26 heavy (non-hydrogen) atoms. The van der Waals surface area contributed by atoms with Crippen molar-refractivity contribution in [1.82, 2.24) is 15.0 Å². The highest BCUT2D eigenvalue weighted by Crippen LogP contribution is 2.23. The molecule has 7 heteroatoms. The summed E-state index contributed by atoms with van der Waals surface area (Å²) in [5.74, 6) is 0.431. The van der Waals surface area contributed by atoms with Gasteiger partial charge in [0.05, 0.1) is 6.04 Å². The number of thiazole rings is 1. The molecular formula is C19H22N4O2S. The van der Waals surface area contributed by atoms with Crippen LogP contribution >= 0.6 is 11.3 Å². The van der Waals surface area contributed by atoms with Crippen LogP contribution in [0.4, 0.5) is 5.69 Å². The molecule has 0 aliphatic rings. The summed E-state index contributed by atoms with van der Waals surface area (Å²) in [6.07, 6.45) is 1.82. The van der Waals surface area contributed by atoms with Gasteiger partial charge in [0.15, 0.2) is 5.76 Å². The molecule has 136 valence electrons. The Bertz CT molecular complexity index is 869. The highest BCUT2D eigenvalue weighted by Gasteiger charge is 2.16. The second-order valence-corrected chi connectivity index (χ2v) is 7.24. The van der Waals surface area contributed by atoms with Crippen LogP contribution in [0.1, 0.15) is 45.3 Å². The lowest BCUT2D eigenvalue weighted by Crippen LogP contribution is -2.22. The third kappa shape index (κ3) is 4.00. The molecule has 2 heterocycles. The fourth-order valence-corrected chi connectivity index (χ4v) is 3.47. The second kappa shape index (κ2) is 7.80. The van der Waals surface area contributed by atoms with Crippen LogP contribution in [-0.2, 0) is 6.54 Å². The number of aromatic nitrogens is 2. The molecule has 1 aromatic carbocycles. The van der Waals surface area contributed by atoms with Gasteiger partial charge in [0.1, 0.15) is 16.4 Å². The number of rotatable bonds is 6. The van der Waals surface area contributed by atoms with E-state index in [4.69, 9.17) is 4.52 Å². The van der Waals surface area contributed by atoms with Crippen LogP contribution in [0.2, 0.25) is 0 Å². The van der Waals surface area contributed by atoms with Crippen molar-refractivity contribution in [3.63, 3.8) is 0 Å². The van der Waals surface area contributed by atoms with Crippen LogP contribution in [0.5, 0.6) is 0 Å². The van der Waals surface area contributed by atoms with E-state index >= 15 is 0 Å². The topological polar surface area (TPSA) is 71.3 Å². The standard InChI is InChI=1S/C19H22N4O2S/c1-12-17(14(3)25-22-12)21-18(24)16-7-5-6-15(10-16)11-23(4)13(2)19-20-8-9-26-19/h5-10,13H,11H2,1-4H3,(H,21,24)/t13-/m1/s1. The molecule has 1 atom stereocenters. The number of carbonyl (C=O) groups is 1. The number of nitrogens with one attached hydrogen (secondary N) is 1. The van der Waals surface area contributed by atoms with Crippen molar-refractivity contribution in [2.24, 2.45) is 0 Å². The first-order chi connectivity index (χ1) is 12.5. The Labute approximate surface area is 156 Å². The largest absolute Gasteiger partial charge is 0.359 e. The van der Waals surface area contributed by atoms with E-state index in [9.17, 15) is 4.79 Å². The van der Waals surface area contributed by atoms with Crippen molar-refractivity contribution < 1.29 is 9.32 Å². The van der Waals surface area contributed by atoms with Crippen molar-refractivity contribution >= 4 is 22.9 Å². The molecular weight excluding hydrogens is 348 g/mol. The van der Waals surface area contributed by atoms with Crippen molar-refractivity contribution in [3.05, 3.63) is 63.4 Å². The fourth-order valence-electron chi connectivity index (χ4n) is 2.71. The van der Waals surface area contributed by atoms with Crippen molar-refractivity contribution in [2.45, 2.75) is 33.4 Å². The summed E-state index contributed by atoms with van der Waals surface area (Å²) in [6.45, 7) is 6.44. The maximum absolute atomic E-state index is 12.6. The number of hydrogen-bond acceptors (Lipinski definition) is 6. The lowest BCUT2D eigenvalue weighted by Gasteiger charge is -2.23. The van der Waals surface area contributed by atoms with Gasteiger partial charge in [-0.2, -0.15) is 0 Å². The quantitative estimate of drug-likeness (QED) is 0.704. The number of hydrogen-bond donors (Lipinski definition) is 1. The predicted octanol–water partition coefficient (Wildman–Crippen LogP) is 4.19. The average Bonchev–Trinajstić information content (AvgIpc) is 3.27. The van der Waals surface area contributed by atoms with Crippen LogP contribution in [0.25, 0.3) is 0 Å². The maximum atomic E-state index is 12.6. The Kier molecular flexibility index (Phi) is 5.49. The monoisotopic (exact) mass is 370 g/mol. The molecule has 0 unspecified atom stereocenters. The van der Waals surface area contributed by atoms with Crippen LogP contribution in [-0.4, -0.2) is 28.0 Å². The lowest BCUT2D eigenvalue weighted by atomic mass is 10.1. The van der Waals surface area contributed by atoms with Crippen LogP contribution < -0.4 is 5.32 Å². The molecule has 0 saturated carbocycles. The van der Waals surface area contributed by atoms with E-state index in [2.05, 4.69) is 34.3 Å². The first kappa shape index (κ1) is 18.3. The number of benzene rings is 1. The molecule has 0 fully saturated rings. The molecule has 0 bridgehead atoms. The number of aryl methyl sites for hydroxylation is 2. The second-order valence-electron chi connectivity index (χ2n) is 6.32. The first-order valence-corrected chi connectivity index (χ1v) is 9.26. The number of amides is 1. The van der Waals surface area contributed by atoms with E-state index in [1.165, 1.54) is 0 Å². The minimum Gasteiger partial charge on any atom is -0.359 e. The van der Waals surface area contributed by atoms with Gasteiger partial charge >= 0.3 is 0 Å². The van der Waals surface area contributed by atoms with Gasteiger partial charge in [-0.3, -0.25) is 9.69 Å². The Morgan fingerprint density at radius 1 is 1.38 bits per heavy atom. The summed E-state index contributed by atoms with van der Waals surface area (Å²) in [5, 5.41) is 9.81. The highest BCUT2D eigenvalue weighted by atomic mass is 32.1. The van der Waals surface area contributed by atoms with Crippen molar-refractivity contribution in [2.75, 3.05) is 12.4 Å². The highest BCUT2D eigenvalue weighted by molar-refractivity contribution is 7.09. The molecule has 3 aromatic rings. The van der Waals surface area contributed by atoms with Crippen LogP contribution in [0, 0.1) is 13.8 Å². The summed E-state index contributed by atoms with van der Waals surface area (Å²) in [4.78, 5) is 19.2. The first-order valence-electron chi connectivity index (χ1n) is 8.38. The Morgan fingerprint density at radius 3 is 2.85 bits per heavy atom. The van der Waals surface area contributed by atoms with Gasteiger partial charge in [0.2, 0.25) is 0 Å². The zero-order valence-electron chi connectivity index (χ0n) is 15.3. The molecule has 0 radical (unpaired) electrons. The van der Waals surface area contributed by atoms with Gasteiger partial charge in [-0.05, 0) is 45.5 Å². The molecule has 6 nitrogen and oxygen atoms in total. The summed E-state index contributed by atoms with van der Waals surface area (Å²) in [7, 11) is 2.06. The molecule has 2 aromatic heterocycles. The maximum Gasteiger partial charge on any atom is 0.255 e. The van der Waals surface area contributed by atoms with E-state index < -0.39 is 0 Å². The van der Waals surface area contributed by atoms with E-state index in [-0.39, 0.29) is 11.9 Å². The zero-order valence-corrected chi connectivity index (χ0v) is 16.1. The van der Waals surface area contributed by atoms with E-state index in [1.807, 2.05) is 29.8 Å². The Balaban J connectivity index is 1.70. The fraction of sp³-hybridized carbons (Fsp3) is 0.316.